The van der Waals surface area contributed by atoms with Crippen LogP contribution in [0.15, 0.2) is 69.5 Å². The number of anilines is 2. The van der Waals surface area contributed by atoms with Gasteiger partial charge >= 0.3 is 5.97 Å². The van der Waals surface area contributed by atoms with Gasteiger partial charge in [0.05, 0.1) is 48.8 Å². The molecule has 0 spiro atoms. The molecule has 2 aromatic carbocycles. The fourth-order valence-electron chi connectivity index (χ4n) is 5.12. The molecular weight excluding hydrogens is 592 g/mol. The van der Waals surface area contributed by atoms with Gasteiger partial charge < -0.3 is 25.6 Å². The van der Waals surface area contributed by atoms with E-state index in [-0.39, 0.29) is 34.2 Å². The van der Waals surface area contributed by atoms with Gasteiger partial charge in [-0.05, 0) is 31.0 Å². The van der Waals surface area contributed by atoms with Crippen LogP contribution in [0, 0.1) is 11.3 Å². The Kier molecular flexibility index (Phi) is 8.65. The van der Waals surface area contributed by atoms with Gasteiger partial charge in [-0.25, -0.2) is 4.79 Å². The van der Waals surface area contributed by atoms with Crippen molar-refractivity contribution >= 4 is 51.6 Å². The van der Waals surface area contributed by atoms with Crippen molar-refractivity contribution in [3.8, 4) is 17.6 Å². The van der Waals surface area contributed by atoms with Crippen LogP contribution in [0.4, 0.5) is 10.8 Å². The number of carboxylic acids is 1. The number of ether oxygens (including phenoxy) is 2. The van der Waals surface area contributed by atoms with E-state index in [2.05, 4.69) is 21.6 Å². The Balaban J connectivity index is 1.44. The third-order valence-corrected chi connectivity index (χ3v) is 9.05. The van der Waals surface area contributed by atoms with Crippen molar-refractivity contribution in [1.29, 1.82) is 5.26 Å². The highest BCUT2D eigenvalue weighted by atomic mass is 32.2. The quantitative estimate of drug-likeness (QED) is 0.290. The number of hydrogen-bond acceptors (Lipinski definition) is 12. The number of carbonyl (C=O) groups is 3. The molecule has 3 aromatic rings. The number of rotatable bonds is 9. The van der Waals surface area contributed by atoms with Crippen molar-refractivity contribution in [1.82, 2.24) is 10.2 Å². The number of Topliss-reactive ketones (excluding diaryl/α,β-unsaturated/α-hetero) is 1. The summed E-state index contributed by atoms with van der Waals surface area (Å²) in [6.07, 6.45) is 1.47. The molecule has 12 nitrogen and oxygen atoms in total. The molecule has 2 aliphatic rings. The number of nitrogens with two attached hydrogens (primary N) is 1. The maximum Gasteiger partial charge on any atom is 0.337 e. The maximum absolute atomic E-state index is 13.4. The molecule has 1 aromatic heterocycles. The van der Waals surface area contributed by atoms with E-state index in [0.717, 1.165) is 23.1 Å². The van der Waals surface area contributed by atoms with Crippen LogP contribution < -0.4 is 25.4 Å². The number of carbonyl (C=O) groups excluding carboxylic acids is 2. The monoisotopic (exact) mass is 618 g/mol. The van der Waals surface area contributed by atoms with Crippen molar-refractivity contribution < 1.29 is 29.0 Å². The van der Waals surface area contributed by atoms with Gasteiger partial charge in [-0.15, -0.1) is 10.2 Å². The van der Waals surface area contributed by atoms with Crippen molar-refractivity contribution in [2.24, 2.45) is 5.73 Å². The highest BCUT2D eigenvalue weighted by Gasteiger charge is 2.42. The summed E-state index contributed by atoms with van der Waals surface area (Å²) < 4.78 is 11.4. The molecule has 1 unspecified atom stereocenters. The van der Waals surface area contributed by atoms with E-state index in [4.69, 9.17) is 15.2 Å². The van der Waals surface area contributed by atoms with Gasteiger partial charge in [0.15, 0.2) is 10.1 Å². The van der Waals surface area contributed by atoms with E-state index < -0.39 is 17.8 Å². The molecule has 1 atom stereocenters. The lowest BCUT2D eigenvalue weighted by Gasteiger charge is -2.38. The van der Waals surface area contributed by atoms with E-state index in [1.54, 1.807) is 35.2 Å². The van der Waals surface area contributed by atoms with Gasteiger partial charge in [-0.1, -0.05) is 41.3 Å². The van der Waals surface area contributed by atoms with E-state index in [9.17, 15) is 24.8 Å². The zero-order chi connectivity index (χ0) is 30.7. The zero-order valence-electron chi connectivity index (χ0n) is 23.1. The summed E-state index contributed by atoms with van der Waals surface area (Å²) >= 11 is 2.28. The van der Waals surface area contributed by atoms with Gasteiger partial charge in [-0.3, -0.25) is 14.5 Å². The van der Waals surface area contributed by atoms with Crippen LogP contribution in [0.25, 0.3) is 0 Å². The van der Waals surface area contributed by atoms with Crippen molar-refractivity contribution in [2.45, 2.75) is 29.5 Å². The number of benzene rings is 2. The van der Waals surface area contributed by atoms with Gasteiger partial charge in [0.1, 0.15) is 17.3 Å². The van der Waals surface area contributed by atoms with E-state index >= 15 is 0 Å². The highest BCUT2D eigenvalue weighted by molar-refractivity contribution is 8.01. The Hall–Kier alpha value is -4.87. The molecule has 1 aliphatic carbocycles. The Morgan fingerprint density at radius 2 is 2.00 bits per heavy atom. The number of nitriles is 1. The first-order chi connectivity index (χ1) is 20.8. The molecule has 5 rings (SSSR count). The lowest BCUT2D eigenvalue weighted by molar-refractivity contribution is -0.116. The number of ketones is 1. The van der Waals surface area contributed by atoms with E-state index in [1.807, 2.05) is 0 Å². The summed E-state index contributed by atoms with van der Waals surface area (Å²) in [5.74, 6) is -1.28. The highest BCUT2D eigenvalue weighted by Crippen LogP contribution is 2.49. The average Bonchev–Trinajstić information content (AvgIpc) is 3.48. The number of aromatic nitrogens is 2. The number of carboxylic acid groups (broad SMARTS) is 1. The van der Waals surface area contributed by atoms with Crippen LogP contribution >= 0.6 is 23.1 Å². The normalized spacial score (nSPS) is 16.4. The molecule has 0 fully saturated rings. The molecular formula is C29H26N6O6S2. The van der Waals surface area contributed by atoms with Gasteiger partial charge in [0.2, 0.25) is 11.0 Å². The summed E-state index contributed by atoms with van der Waals surface area (Å²) in [6, 6.07) is 13.6. The number of aromatic carboxylic acids is 1. The Morgan fingerprint density at radius 1 is 1.21 bits per heavy atom. The molecule has 0 saturated carbocycles. The number of hydrogen-bond donors (Lipinski definition) is 3. The molecule has 43 heavy (non-hydrogen) atoms. The SMILES string of the molecule is COc1ccc(C2C(C#N)=C(N)N(c3nnc(SCC(=O)Nc4ccccc4C(=O)O)s3)C3=C2C(=O)CCC3)c(OC)c1. The number of thioether (sulfide) groups is 1. The van der Waals surface area contributed by atoms with Crippen LogP contribution in [0.5, 0.6) is 11.5 Å². The van der Waals surface area contributed by atoms with E-state index in [0.29, 0.717) is 57.1 Å². The van der Waals surface area contributed by atoms with Crippen LogP contribution in [0.1, 0.15) is 41.1 Å². The van der Waals surface area contributed by atoms with Gasteiger partial charge in [0.25, 0.3) is 0 Å². The molecule has 0 radical (unpaired) electrons. The smallest absolute Gasteiger partial charge is 0.337 e. The van der Waals surface area contributed by atoms with Crippen molar-refractivity contribution in [3.05, 3.63) is 76.3 Å². The molecule has 220 valence electrons. The number of para-hydroxylation sites is 1. The topological polar surface area (TPSA) is 181 Å². The lowest BCUT2D eigenvalue weighted by atomic mass is 9.75. The molecule has 4 N–H and O–H groups in total. The molecule has 1 amide bonds. The minimum absolute atomic E-state index is 0.0172. The summed E-state index contributed by atoms with van der Waals surface area (Å²) in [6.45, 7) is 0. The Bertz CT molecular complexity index is 1730. The largest absolute Gasteiger partial charge is 0.497 e. The fourth-order valence-corrected chi connectivity index (χ4v) is 6.80. The number of allylic oxidation sites excluding steroid dienone is 3. The Labute approximate surface area is 254 Å². The van der Waals surface area contributed by atoms with Crippen LogP contribution in [0.2, 0.25) is 0 Å². The second-order valence-electron chi connectivity index (χ2n) is 9.46. The summed E-state index contributed by atoms with van der Waals surface area (Å²) in [5, 5.41) is 31.1. The first-order valence-electron chi connectivity index (χ1n) is 13.0. The number of methoxy groups -OCH3 is 2. The fraction of sp³-hybridized carbons (Fsp3) is 0.241. The Morgan fingerprint density at radius 3 is 2.72 bits per heavy atom. The third kappa shape index (κ3) is 5.77. The van der Waals surface area contributed by atoms with Crippen LogP contribution in [0.3, 0.4) is 0 Å². The second-order valence-corrected chi connectivity index (χ2v) is 11.6. The molecule has 2 heterocycles. The van der Waals surface area contributed by atoms with Gasteiger partial charge in [-0.2, -0.15) is 5.26 Å². The van der Waals surface area contributed by atoms with Crippen LogP contribution in [-0.2, 0) is 9.59 Å². The van der Waals surface area contributed by atoms with Crippen molar-refractivity contribution in [3.63, 3.8) is 0 Å². The molecule has 14 heteroatoms. The third-order valence-electron chi connectivity index (χ3n) is 7.01. The summed E-state index contributed by atoms with van der Waals surface area (Å²) in [5.41, 5.74) is 8.72. The number of nitrogens with zero attached hydrogens (tertiary/aromatic N) is 4. The molecule has 1 aliphatic heterocycles. The predicted molar refractivity (Wildman–Crippen MR) is 160 cm³/mol. The van der Waals surface area contributed by atoms with Crippen LogP contribution in [-0.4, -0.2) is 52.9 Å². The zero-order valence-corrected chi connectivity index (χ0v) is 24.8. The standard InChI is InChI=1S/C29H26N6O6S2/c1-40-15-10-11-17(22(12-15)41-2)24-18(13-30)26(31)35(20-8-5-9-21(36)25(20)24)28-33-34-29(43-28)42-14-23(37)32-19-7-4-3-6-16(19)27(38)39/h3-4,6-7,10-12,24H,5,8-9,14,31H2,1-2H3,(H,32,37)(H,38,39). The summed E-state index contributed by atoms with van der Waals surface area (Å²) in [4.78, 5) is 39.1. The first-order valence-corrected chi connectivity index (χ1v) is 14.8. The second kappa shape index (κ2) is 12.6. The number of nitrogens with one attached hydrogen (secondary N) is 1. The van der Waals surface area contributed by atoms with E-state index in [1.165, 1.54) is 26.4 Å². The minimum atomic E-state index is -1.15. The van der Waals surface area contributed by atoms with Crippen molar-refractivity contribution in [2.75, 3.05) is 30.2 Å². The lowest BCUT2D eigenvalue weighted by Crippen LogP contribution is -2.38. The maximum atomic E-state index is 13.4. The molecule has 0 bridgehead atoms. The minimum Gasteiger partial charge on any atom is -0.497 e. The van der Waals surface area contributed by atoms with Gasteiger partial charge in [0, 0.05) is 29.3 Å². The average molecular weight is 619 g/mol. The predicted octanol–water partition coefficient (Wildman–Crippen LogP) is 4.29. The first kappa shape index (κ1) is 29.6. The number of amides is 1. The summed E-state index contributed by atoms with van der Waals surface area (Å²) in [7, 11) is 3.05. The molecule has 0 saturated heterocycles.